The number of hydrogen-bond donors (Lipinski definition) is 2. The minimum atomic E-state index is -0.171. The van der Waals surface area contributed by atoms with Crippen molar-refractivity contribution in [3.63, 3.8) is 0 Å². The van der Waals surface area contributed by atoms with Crippen LogP contribution < -0.4 is 11.5 Å². The lowest BCUT2D eigenvalue weighted by molar-refractivity contribution is -0.119. The van der Waals surface area contributed by atoms with Crippen LogP contribution in [0.3, 0.4) is 0 Å². The van der Waals surface area contributed by atoms with Gasteiger partial charge in [0.2, 0.25) is 5.91 Å². The fourth-order valence-electron chi connectivity index (χ4n) is 2.67. The van der Waals surface area contributed by atoms with Gasteiger partial charge in [-0.15, -0.1) is 0 Å². The van der Waals surface area contributed by atoms with E-state index in [9.17, 15) is 4.79 Å². The van der Waals surface area contributed by atoms with Crippen LogP contribution >= 0.6 is 0 Å². The van der Waals surface area contributed by atoms with E-state index in [-0.39, 0.29) is 5.91 Å². The van der Waals surface area contributed by atoms with Gasteiger partial charge in [-0.2, -0.15) is 0 Å². The Morgan fingerprint density at radius 3 is 2.26 bits per heavy atom. The Morgan fingerprint density at radius 2 is 1.74 bits per heavy atom. The highest BCUT2D eigenvalue weighted by Crippen LogP contribution is 2.21. The molecule has 104 valence electrons. The van der Waals surface area contributed by atoms with Crippen molar-refractivity contribution in [3.8, 4) is 0 Å². The highest BCUT2D eigenvalue weighted by Gasteiger charge is 2.20. The summed E-state index contributed by atoms with van der Waals surface area (Å²) >= 11 is 0. The van der Waals surface area contributed by atoms with Gasteiger partial charge < -0.3 is 11.5 Å². The molecule has 4 nitrogen and oxygen atoms in total. The third kappa shape index (κ3) is 4.33. The molecular formula is C15H23N3O. The molecule has 0 saturated carbocycles. The summed E-state index contributed by atoms with van der Waals surface area (Å²) in [5.74, 6) is 0.309. The summed E-state index contributed by atoms with van der Waals surface area (Å²) in [4.78, 5) is 13.3. The van der Waals surface area contributed by atoms with Crippen LogP contribution in [0.5, 0.6) is 0 Å². The van der Waals surface area contributed by atoms with Crippen LogP contribution in [0.4, 0.5) is 0 Å². The van der Waals surface area contributed by atoms with Gasteiger partial charge in [0.15, 0.2) is 0 Å². The lowest BCUT2D eigenvalue weighted by atomic mass is 9.93. The maximum atomic E-state index is 10.9. The molecule has 0 radical (unpaired) electrons. The van der Waals surface area contributed by atoms with E-state index in [0.717, 1.165) is 32.5 Å². The summed E-state index contributed by atoms with van der Waals surface area (Å²) in [6, 6.07) is 8.49. The third-order valence-electron chi connectivity index (χ3n) is 3.86. The standard InChI is InChI=1S/C15H23N3O/c16-10-13-1-3-14(4-2-13)11-18-7-5-12(6-8-18)9-15(17)19/h1-4,12H,5-11,16H2,(H2,17,19). The van der Waals surface area contributed by atoms with Gasteiger partial charge in [0, 0.05) is 19.5 Å². The Labute approximate surface area is 114 Å². The zero-order valence-corrected chi connectivity index (χ0v) is 11.3. The first-order valence-corrected chi connectivity index (χ1v) is 6.96. The normalized spacial score (nSPS) is 17.5. The predicted molar refractivity (Wildman–Crippen MR) is 76.1 cm³/mol. The molecule has 2 rings (SSSR count). The quantitative estimate of drug-likeness (QED) is 0.837. The van der Waals surface area contributed by atoms with Crippen LogP contribution in [0, 0.1) is 5.92 Å². The van der Waals surface area contributed by atoms with Crippen molar-refractivity contribution in [3.05, 3.63) is 35.4 Å². The van der Waals surface area contributed by atoms with Crippen LogP contribution in [0.25, 0.3) is 0 Å². The van der Waals surface area contributed by atoms with Crippen molar-refractivity contribution in [2.75, 3.05) is 13.1 Å². The Kier molecular flexibility index (Phi) is 4.93. The van der Waals surface area contributed by atoms with Gasteiger partial charge in [-0.3, -0.25) is 9.69 Å². The molecule has 0 aliphatic carbocycles. The lowest BCUT2D eigenvalue weighted by Crippen LogP contribution is -2.34. The first-order chi connectivity index (χ1) is 9.17. The fraction of sp³-hybridized carbons (Fsp3) is 0.533. The second kappa shape index (κ2) is 6.68. The molecule has 1 aliphatic rings. The summed E-state index contributed by atoms with van der Waals surface area (Å²) in [5, 5.41) is 0. The van der Waals surface area contributed by atoms with Crippen LogP contribution in [-0.2, 0) is 17.9 Å². The maximum Gasteiger partial charge on any atom is 0.217 e. The topological polar surface area (TPSA) is 72.3 Å². The number of rotatable bonds is 5. The molecule has 0 aromatic heterocycles. The molecule has 4 heteroatoms. The zero-order chi connectivity index (χ0) is 13.7. The van der Waals surface area contributed by atoms with Crippen molar-refractivity contribution in [1.29, 1.82) is 0 Å². The lowest BCUT2D eigenvalue weighted by Gasteiger charge is -2.31. The number of nitrogens with two attached hydrogens (primary N) is 2. The molecular weight excluding hydrogens is 238 g/mol. The van der Waals surface area contributed by atoms with Crippen molar-refractivity contribution in [2.24, 2.45) is 17.4 Å². The van der Waals surface area contributed by atoms with E-state index in [2.05, 4.69) is 29.2 Å². The van der Waals surface area contributed by atoms with E-state index in [4.69, 9.17) is 11.5 Å². The highest BCUT2D eigenvalue weighted by atomic mass is 16.1. The number of benzene rings is 1. The molecule has 0 unspecified atom stereocenters. The average molecular weight is 261 g/mol. The van der Waals surface area contributed by atoms with Crippen molar-refractivity contribution < 1.29 is 4.79 Å². The first kappa shape index (κ1) is 14.0. The number of piperidine rings is 1. The van der Waals surface area contributed by atoms with E-state index in [0.29, 0.717) is 18.9 Å². The van der Waals surface area contributed by atoms with Gasteiger partial charge in [-0.05, 0) is 43.0 Å². The summed E-state index contributed by atoms with van der Waals surface area (Å²) in [6.07, 6.45) is 2.69. The number of likely N-dealkylation sites (tertiary alicyclic amines) is 1. The molecule has 1 aromatic carbocycles. The molecule has 4 N–H and O–H groups in total. The Bertz CT molecular complexity index is 408. The van der Waals surface area contributed by atoms with Crippen LogP contribution in [0.2, 0.25) is 0 Å². The monoisotopic (exact) mass is 261 g/mol. The number of nitrogens with zero attached hydrogens (tertiary/aromatic N) is 1. The molecule has 1 aliphatic heterocycles. The highest BCUT2D eigenvalue weighted by molar-refractivity contribution is 5.73. The Balaban J connectivity index is 1.80. The van der Waals surface area contributed by atoms with Crippen molar-refractivity contribution in [2.45, 2.75) is 32.4 Å². The van der Waals surface area contributed by atoms with Gasteiger partial charge in [-0.1, -0.05) is 24.3 Å². The second-order valence-corrected chi connectivity index (χ2v) is 5.41. The number of carbonyl (C=O) groups excluding carboxylic acids is 1. The first-order valence-electron chi connectivity index (χ1n) is 6.96. The molecule has 1 fully saturated rings. The van der Waals surface area contributed by atoms with E-state index < -0.39 is 0 Å². The molecule has 1 heterocycles. The predicted octanol–water partition coefficient (Wildman–Crippen LogP) is 1.23. The number of carbonyl (C=O) groups is 1. The second-order valence-electron chi connectivity index (χ2n) is 5.41. The van der Waals surface area contributed by atoms with Crippen LogP contribution in [-0.4, -0.2) is 23.9 Å². The van der Waals surface area contributed by atoms with E-state index in [1.165, 1.54) is 11.1 Å². The van der Waals surface area contributed by atoms with Gasteiger partial charge in [0.25, 0.3) is 0 Å². The van der Waals surface area contributed by atoms with Gasteiger partial charge >= 0.3 is 0 Å². The number of amides is 1. The maximum absolute atomic E-state index is 10.9. The smallest absolute Gasteiger partial charge is 0.217 e. The Morgan fingerprint density at radius 1 is 1.16 bits per heavy atom. The fourth-order valence-corrected chi connectivity index (χ4v) is 2.67. The summed E-state index contributed by atoms with van der Waals surface area (Å²) in [6.45, 7) is 3.68. The van der Waals surface area contributed by atoms with Crippen molar-refractivity contribution >= 4 is 5.91 Å². The minimum Gasteiger partial charge on any atom is -0.370 e. The molecule has 0 atom stereocenters. The minimum absolute atomic E-state index is 0.171. The molecule has 1 aromatic rings. The summed E-state index contributed by atoms with van der Waals surface area (Å²) in [7, 11) is 0. The Hall–Kier alpha value is -1.39. The van der Waals surface area contributed by atoms with Crippen molar-refractivity contribution in [1.82, 2.24) is 4.90 Å². The van der Waals surface area contributed by atoms with E-state index in [1.807, 2.05) is 0 Å². The van der Waals surface area contributed by atoms with Gasteiger partial charge in [-0.25, -0.2) is 0 Å². The summed E-state index contributed by atoms with van der Waals surface area (Å²) in [5.41, 5.74) is 13.3. The van der Waals surface area contributed by atoms with E-state index in [1.54, 1.807) is 0 Å². The number of hydrogen-bond acceptors (Lipinski definition) is 3. The molecule has 0 bridgehead atoms. The largest absolute Gasteiger partial charge is 0.370 e. The zero-order valence-electron chi connectivity index (χ0n) is 11.3. The van der Waals surface area contributed by atoms with Gasteiger partial charge in [0.1, 0.15) is 0 Å². The van der Waals surface area contributed by atoms with Crippen LogP contribution in [0.15, 0.2) is 24.3 Å². The average Bonchev–Trinajstić information content (AvgIpc) is 2.41. The van der Waals surface area contributed by atoms with E-state index >= 15 is 0 Å². The summed E-state index contributed by atoms with van der Waals surface area (Å²) < 4.78 is 0. The van der Waals surface area contributed by atoms with Gasteiger partial charge in [0.05, 0.1) is 0 Å². The molecule has 1 amide bonds. The van der Waals surface area contributed by atoms with Crippen LogP contribution in [0.1, 0.15) is 30.4 Å². The SMILES string of the molecule is NCc1ccc(CN2CCC(CC(N)=O)CC2)cc1. The number of primary amides is 1. The molecule has 0 spiro atoms. The third-order valence-corrected chi connectivity index (χ3v) is 3.86. The molecule has 1 saturated heterocycles. The molecule has 19 heavy (non-hydrogen) atoms.